The van der Waals surface area contributed by atoms with Crippen LogP contribution in [0.5, 0.6) is 0 Å². The fourth-order valence-corrected chi connectivity index (χ4v) is 1.35. The molecule has 106 valence electrons. The zero-order valence-electron chi connectivity index (χ0n) is 10.2. The van der Waals surface area contributed by atoms with Gasteiger partial charge in [0.15, 0.2) is 0 Å². The number of pyridine rings is 1. The number of hydrogen-bond acceptors (Lipinski definition) is 3. The number of rotatable bonds is 5. The molecule has 0 bridgehead atoms. The van der Waals surface area contributed by atoms with Crippen molar-refractivity contribution in [3.63, 3.8) is 0 Å². The van der Waals surface area contributed by atoms with E-state index in [1.54, 1.807) is 4.98 Å². The van der Waals surface area contributed by atoms with Gasteiger partial charge >= 0.3 is 6.18 Å². The molecule has 0 fully saturated rings. The van der Waals surface area contributed by atoms with Gasteiger partial charge in [-0.05, 0) is 18.7 Å². The van der Waals surface area contributed by atoms with Crippen molar-refractivity contribution in [1.82, 2.24) is 15.6 Å². The lowest BCUT2D eigenvalue weighted by atomic mass is 10.2. The van der Waals surface area contributed by atoms with Crippen molar-refractivity contribution in [1.29, 1.82) is 0 Å². The van der Waals surface area contributed by atoms with Crippen LogP contribution >= 0.6 is 0 Å². The van der Waals surface area contributed by atoms with Crippen molar-refractivity contribution in [3.05, 3.63) is 33.7 Å². The van der Waals surface area contributed by atoms with Crippen LogP contribution in [0.3, 0.4) is 0 Å². The third-order valence-corrected chi connectivity index (χ3v) is 2.30. The summed E-state index contributed by atoms with van der Waals surface area (Å²) in [6.07, 6.45) is -4.64. The largest absolute Gasteiger partial charge is 0.431 e. The first-order chi connectivity index (χ1) is 8.86. The van der Waals surface area contributed by atoms with Crippen molar-refractivity contribution in [3.8, 4) is 0 Å². The summed E-state index contributed by atoms with van der Waals surface area (Å²) in [5.41, 5.74) is -2.58. The molecule has 0 radical (unpaired) electrons. The number of aromatic amines is 1. The fraction of sp³-hybridized carbons (Fsp3) is 0.455. The second kappa shape index (κ2) is 6.37. The summed E-state index contributed by atoms with van der Waals surface area (Å²) in [6.45, 7) is 3.42. The van der Waals surface area contributed by atoms with Crippen LogP contribution in [0, 0.1) is 0 Å². The maximum absolute atomic E-state index is 12.3. The average molecular weight is 277 g/mol. The van der Waals surface area contributed by atoms with Gasteiger partial charge in [0.25, 0.3) is 11.5 Å². The minimum Gasteiger partial charge on any atom is -0.351 e. The third-order valence-electron chi connectivity index (χ3n) is 2.30. The van der Waals surface area contributed by atoms with Crippen molar-refractivity contribution in [2.24, 2.45) is 0 Å². The molecule has 0 aromatic carbocycles. The van der Waals surface area contributed by atoms with E-state index in [0.717, 1.165) is 12.6 Å². The number of halogens is 3. The normalized spacial score (nSPS) is 11.4. The Morgan fingerprint density at radius 2 is 2.00 bits per heavy atom. The molecule has 1 rings (SSSR count). The molecule has 3 N–H and O–H groups in total. The van der Waals surface area contributed by atoms with Crippen LogP contribution in [-0.4, -0.2) is 30.5 Å². The van der Waals surface area contributed by atoms with Gasteiger partial charge in [0.05, 0.1) is 0 Å². The highest BCUT2D eigenvalue weighted by Gasteiger charge is 2.32. The molecule has 0 atom stereocenters. The Bertz CT molecular complexity index is 497. The molecular weight excluding hydrogens is 263 g/mol. The predicted octanol–water partition coefficient (Wildman–Crippen LogP) is 0.733. The van der Waals surface area contributed by atoms with Crippen LogP contribution in [0.15, 0.2) is 16.9 Å². The van der Waals surface area contributed by atoms with Crippen LogP contribution in [0.2, 0.25) is 0 Å². The SMILES string of the molecule is CCNCCNC(=O)c1ccc(C(F)(F)F)[nH]c1=O. The van der Waals surface area contributed by atoms with E-state index in [-0.39, 0.29) is 12.1 Å². The van der Waals surface area contributed by atoms with Crippen molar-refractivity contribution in [2.45, 2.75) is 13.1 Å². The van der Waals surface area contributed by atoms with Crippen molar-refractivity contribution < 1.29 is 18.0 Å². The molecule has 0 spiro atoms. The highest BCUT2D eigenvalue weighted by atomic mass is 19.4. The quantitative estimate of drug-likeness (QED) is 0.695. The van der Waals surface area contributed by atoms with Crippen molar-refractivity contribution >= 4 is 5.91 Å². The Hall–Kier alpha value is -1.83. The van der Waals surface area contributed by atoms with Gasteiger partial charge in [0.1, 0.15) is 11.3 Å². The molecule has 0 aliphatic rings. The summed E-state index contributed by atoms with van der Waals surface area (Å²) in [6, 6.07) is 1.53. The molecule has 1 amide bonds. The first-order valence-corrected chi connectivity index (χ1v) is 5.65. The summed E-state index contributed by atoms with van der Waals surface area (Å²) in [5, 5.41) is 5.38. The van der Waals surface area contributed by atoms with Crippen molar-refractivity contribution in [2.75, 3.05) is 19.6 Å². The summed E-state index contributed by atoms with van der Waals surface area (Å²) in [5.74, 6) is -0.701. The van der Waals surface area contributed by atoms with E-state index >= 15 is 0 Å². The number of H-pyrrole nitrogens is 1. The van der Waals surface area contributed by atoms with Crippen LogP contribution in [0.1, 0.15) is 23.0 Å². The molecule has 0 aliphatic carbocycles. The zero-order valence-corrected chi connectivity index (χ0v) is 10.2. The summed E-state index contributed by atoms with van der Waals surface area (Å²) >= 11 is 0. The molecule has 1 aromatic heterocycles. The summed E-state index contributed by atoms with van der Waals surface area (Å²) in [4.78, 5) is 24.6. The Morgan fingerprint density at radius 1 is 1.32 bits per heavy atom. The van der Waals surface area contributed by atoms with E-state index in [9.17, 15) is 22.8 Å². The van der Waals surface area contributed by atoms with Gasteiger partial charge in [0.2, 0.25) is 0 Å². The maximum Gasteiger partial charge on any atom is 0.431 e. The monoisotopic (exact) mass is 277 g/mol. The minimum absolute atomic E-state index is 0.285. The Morgan fingerprint density at radius 3 is 2.53 bits per heavy atom. The summed E-state index contributed by atoms with van der Waals surface area (Å²) in [7, 11) is 0. The molecule has 1 aromatic rings. The van der Waals surface area contributed by atoms with E-state index in [1.807, 2.05) is 6.92 Å². The molecule has 0 unspecified atom stereocenters. The molecule has 19 heavy (non-hydrogen) atoms. The van der Waals surface area contributed by atoms with E-state index in [0.29, 0.717) is 12.6 Å². The van der Waals surface area contributed by atoms with E-state index in [4.69, 9.17) is 0 Å². The fourth-order valence-electron chi connectivity index (χ4n) is 1.35. The molecule has 1 heterocycles. The molecule has 5 nitrogen and oxygen atoms in total. The smallest absolute Gasteiger partial charge is 0.351 e. The van der Waals surface area contributed by atoms with Gasteiger partial charge < -0.3 is 15.6 Å². The zero-order chi connectivity index (χ0) is 14.5. The van der Waals surface area contributed by atoms with E-state index < -0.39 is 23.3 Å². The molecular formula is C11H14F3N3O2. The minimum atomic E-state index is -4.64. The van der Waals surface area contributed by atoms with Gasteiger partial charge in [-0.15, -0.1) is 0 Å². The lowest BCUT2D eigenvalue weighted by Crippen LogP contribution is -2.35. The predicted molar refractivity (Wildman–Crippen MR) is 62.9 cm³/mol. The number of carbonyl (C=O) groups is 1. The highest BCUT2D eigenvalue weighted by molar-refractivity contribution is 5.93. The van der Waals surface area contributed by atoms with Gasteiger partial charge in [-0.1, -0.05) is 6.92 Å². The average Bonchev–Trinajstić information content (AvgIpc) is 2.33. The number of hydrogen-bond donors (Lipinski definition) is 3. The molecule has 8 heteroatoms. The molecule has 0 saturated heterocycles. The lowest BCUT2D eigenvalue weighted by Gasteiger charge is -2.08. The molecule has 0 aliphatic heterocycles. The standard InChI is InChI=1S/C11H14F3N3O2/c1-2-15-5-6-16-9(18)7-3-4-8(11(12,13)14)17-10(7)19/h3-4,15H,2,5-6H2,1H3,(H,16,18)(H,17,19). The third kappa shape index (κ3) is 4.40. The van der Waals surface area contributed by atoms with E-state index in [2.05, 4.69) is 10.6 Å². The number of alkyl halides is 3. The number of nitrogens with one attached hydrogen (secondary N) is 3. The maximum atomic E-state index is 12.3. The number of likely N-dealkylation sites (N-methyl/N-ethyl adjacent to an activating group) is 1. The van der Waals surface area contributed by atoms with Gasteiger partial charge in [-0.25, -0.2) is 0 Å². The number of aromatic nitrogens is 1. The first kappa shape index (κ1) is 15.2. The molecule has 0 saturated carbocycles. The highest BCUT2D eigenvalue weighted by Crippen LogP contribution is 2.26. The van der Waals surface area contributed by atoms with E-state index in [1.165, 1.54) is 0 Å². The Balaban J connectivity index is 2.74. The van der Waals surface area contributed by atoms with Gasteiger partial charge in [0, 0.05) is 13.1 Å². The van der Waals surface area contributed by atoms with Crippen LogP contribution in [0.25, 0.3) is 0 Å². The number of amides is 1. The second-order valence-corrected chi connectivity index (χ2v) is 3.72. The van der Waals surface area contributed by atoms with Crippen LogP contribution in [0.4, 0.5) is 13.2 Å². The van der Waals surface area contributed by atoms with Gasteiger partial charge in [-0.2, -0.15) is 13.2 Å². The summed E-state index contributed by atoms with van der Waals surface area (Å²) < 4.78 is 36.9. The van der Waals surface area contributed by atoms with Gasteiger partial charge in [-0.3, -0.25) is 9.59 Å². The lowest BCUT2D eigenvalue weighted by molar-refractivity contribution is -0.141. The second-order valence-electron chi connectivity index (χ2n) is 3.72. The van der Waals surface area contributed by atoms with Crippen LogP contribution < -0.4 is 16.2 Å². The first-order valence-electron chi connectivity index (χ1n) is 5.65. The van der Waals surface area contributed by atoms with Crippen LogP contribution in [-0.2, 0) is 6.18 Å². The topological polar surface area (TPSA) is 74.0 Å². The Kier molecular flexibility index (Phi) is 5.11. The number of carbonyl (C=O) groups excluding carboxylic acids is 1. The Labute approximate surface area is 107 Å².